The largest absolute Gasteiger partial charge is 0.550 e. The molecule has 3 nitrogen and oxygen atoms in total. The van der Waals surface area contributed by atoms with E-state index in [1.54, 1.807) is 24.3 Å². The van der Waals surface area contributed by atoms with Gasteiger partial charge in [-0.05, 0) is 24.3 Å². The van der Waals surface area contributed by atoms with Crippen molar-refractivity contribution in [3.05, 3.63) is 34.9 Å². The lowest BCUT2D eigenvalue weighted by Gasteiger charge is -2.10. The molecule has 0 spiro atoms. The molecule has 1 aromatic rings. The van der Waals surface area contributed by atoms with Crippen LogP contribution in [0.4, 0.5) is 0 Å². The molecular formula is C11H10ClO3-. The van der Waals surface area contributed by atoms with Crippen molar-refractivity contribution in [2.45, 2.75) is 13.3 Å². The number of hydrogen-bond donors (Lipinski definition) is 0. The van der Waals surface area contributed by atoms with Gasteiger partial charge in [-0.25, -0.2) is 0 Å². The highest BCUT2D eigenvalue weighted by atomic mass is 35.5. The molecule has 0 saturated carbocycles. The summed E-state index contributed by atoms with van der Waals surface area (Å²) in [4.78, 5) is 22.0. The third-order valence-corrected chi connectivity index (χ3v) is 2.31. The Hall–Kier alpha value is -1.35. The first-order valence-electron chi connectivity index (χ1n) is 4.50. The number of benzene rings is 1. The molecule has 0 aliphatic heterocycles. The molecular weight excluding hydrogens is 216 g/mol. The van der Waals surface area contributed by atoms with Gasteiger partial charge in [0, 0.05) is 28.9 Å². The molecule has 1 rings (SSSR count). The molecule has 0 amide bonds. The average molecular weight is 226 g/mol. The lowest BCUT2D eigenvalue weighted by Crippen LogP contribution is -2.30. The third-order valence-electron chi connectivity index (χ3n) is 2.06. The molecule has 4 heteroatoms. The molecule has 0 aliphatic rings. The van der Waals surface area contributed by atoms with Gasteiger partial charge in [-0.15, -0.1) is 0 Å². The van der Waals surface area contributed by atoms with Gasteiger partial charge >= 0.3 is 0 Å². The van der Waals surface area contributed by atoms with Gasteiger partial charge in [-0.1, -0.05) is 18.5 Å². The van der Waals surface area contributed by atoms with Crippen molar-refractivity contribution >= 4 is 23.4 Å². The van der Waals surface area contributed by atoms with Crippen molar-refractivity contribution in [1.29, 1.82) is 0 Å². The lowest BCUT2D eigenvalue weighted by atomic mass is 10.00. The Labute approximate surface area is 92.7 Å². The van der Waals surface area contributed by atoms with Crippen LogP contribution in [0.2, 0.25) is 5.02 Å². The summed E-state index contributed by atoms with van der Waals surface area (Å²) in [5, 5.41) is 11.0. The zero-order valence-corrected chi connectivity index (χ0v) is 8.95. The van der Waals surface area contributed by atoms with E-state index in [1.807, 2.05) is 0 Å². The lowest BCUT2D eigenvalue weighted by molar-refractivity contribution is -0.310. The zero-order valence-electron chi connectivity index (χ0n) is 8.20. The summed E-state index contributed by atoms with van der Waals surface area (Å²) < 4.78 is 0. The van der Waals surface area contributed by atoms with Gasteiger partial charge < -0.3 is 9.90 Å². The molecule has 0 unspecified atom stereocenters. The molecule has 0 N–H and O–H groups in total. The monoisotopic (exact) mass is 225 g/mol. The van der Waals surface area contributed by atoms with Crippen molar-refractivity contribution < 1.29 is 14.7 Å². The molecule has 1 atom stereocenters. The van der Waals surface area contributed by atoms with Gasteiger partial charge in [0.15, 0.2) is 5.78 Å². The highest BCUT2D eigenvalue weighted by molar-refractivity contribution is 6.30. The Morgan fingerprint density at radius 1 is 1.33 bits per heavy atom. The molecule has 0 fully saturated rings. The summed E-state index contributed by atoms with van der Waals surface area (Å²) in [6.45, 7) is 1.45. The van der Waals surface area contributed by atoms with E-state index >= 15 is 0 Å². The Kier molecular flexibility index (Phi) is 3.86. The van der Waals surface area contributed by atoms with Crippen LogP contribution in [0.5, 0.6) is 0 Å². The van der Waals surface area contributed by atoms with Gasteiger partial charge in [0.25, 0.3) is 0 Å². The second-order valence-electron chi connectivity index (χ2n) is 3.35. The summed E-state index contributed by atoms with van der Waals surface area (Å²) in [5.41, 5.74) is 0.465. The van der Waals surface area contributed by atoms with Gasteiger partial charge in [-0.3, -0.25) is 4.79 Å². The highest BCUT2D eigenvalue weighted by Gasteiger charge is 2.11. The number of carbonyl (C=O) groups excluding carboxylic acids is 2. The van der Waals surface area contributed by atoms with Crippen LogP contribution < -0.4 is 5.11 Å². The first-order valence-corrected chi connectivity index (χ1v) is 4.88. The molecule has 0 aliphatic carbocycles. The van der Waals surface area contributed by atoms with Crippen LogP contribution in [0.1, 0.15) is 23.7 Å². The number of ketones is 1. The van der Waals surface area contributed by atoms with Gasteiger partial charge in [-0.2, -0.15) is 0 Å². The number of aliphatic carboxylic acids is 1. The minimum atomic E-state index is -1.21. The molecule has 0 radical (unpaired) electrons. The van der Waals surface area contributed by atoms with Crippen LogP contribution in [-0.4, -0.2) is 11.8 Å². The maximum atomic E-state index is 11.5. The van der Waals surface area contributed by atoms with Crippen LogP contribution in [0.25, 0.3) is 0 Å². The first kappa shape index (κ1) is 11.7. The number of carbonyl (C=O) groups is 2. The van der Waals surface area contributed by atoms with Crippen LogP contribution >= 0.6 is 11.6 Å². The van der Waals surface area contributed by atoms with Crippen LogP contribution in [-0.2, 0) is 4.79 Å². The fraction of sp³-hybridized carbons (Fsp3) is 0.273. The van der Waals surface area contributed by atoms with Crippen LogP contribution in [0.15, 0.2) is 24.3 Å². The molecule has 15 heavy (non-hydrogen) atoms. The summed E-state index contributed by atoms with van der Waals surface area (Å²) in [5.74, 6) is -2.20. The summed E-state index contributed by atoms with van der Waals surface area (Å²) in [7, 11) is 0. The predicted molar refractivity (Wildman–Crippen MR) is 54.6 cm³/mol. The van der Waals surface area contributed by atoms with Gasteiger partial charge in [0.1, 0.15) is 0 Å². The van der Waals surface area contributed by atoms with E-state index < -0.39 is 11.9 Å². The molecule has 1 aromatic carbocycles. The molecule has 0 saturated heterocycles. The predicted octanol–water partition coefficient (Wildman–Crippen LogP) is 1.30. The minimum Gasteiger partial charge on any atom is -0.550 e. The Balaban J connectivity index is 2.69. The number of halogens is 1. The molecule has 80 valence electrons. The van der Waals surface area contributed by atoms with E-state index in [2.05, 4.69) is 0 Å². The van der Waals surface area contributed by atoms with E-state index in [-0.39, 0.29) is 12.2 Å². The highest BCUT2D eigenvalue weighted by Crippen LogP contribution is 2.13. The van der Waals surface area contributed by atoms with Crippen molar-refractivity contribution in [3.63, 3.8) is 0 Å². The summed E-state index contributed by atoms with van der Waals surface area (Å²) in [6, 6.07) is 6.34. The molecule has 0 aromatic heterocycles. The van der Waals surface area contributed by atoms with E-state index in [4.69, 9.17) is 11.6 Å². The van der Waals surface area contributed by atoms with E-state index in [0.717, 1.165) is 0 Å². The number of Topliss-reactive ketones (excluding diaryl/α,β-unsaturated/α-hetero) is 1. The van der Waals surface area contributed by atoms with Crippen molar-refractivity contribution in [1.82, 2.24) is 0 Å². The topological polar surface area (TPSA) is 57.2 Å². The van der Waals surface area contributed by atoms with Crippen LogP contribution in [0, 0.1) is 5.92 Å². The van der Waals surface area contributed by atoms with Crippen molar-refractivity contribution in [2.24, 2.45) is 5.92 Å². The quantitative estimate of drug-likeness (QED) is 0.726. The summed E-state index contributed by atoms with van der Waals surface area (Å²) in [6.07, 6.45) is -0.0516. The smallest absolute Gasteiger partial charge is 0.163 e. The third kappa shape index (κ3) is 3.36. The molecule has 0 bridgehead atoms. The van der Waals surface area contributed by atoms with E-state index in [9.17, 15) is 14.7 Å². The maximum Gasteiger partial charge on any atom is 0.163 e. The van der Waals surface area contributed by atoms with Crippen LogP contribution in [0.3, 0.4) is 0 Å². The van der Waals surface area contributed by atoms with E-state index in [0.29, 0.717) is 10.6 Å². The SMILES string of the molecule is C[C@@H](CC(=O)c1ccc(Cl)cc1)C(=O)[O-]. The van der Waals surface area contributed by atoms with Gasteiger partial charge in [0.05, 0.1) is 0 Å². The second-order valence-corrected chi connectivity index (χ2v) is 3.79. The number of carboxylic acid groups (broad SMARTS) is 1. The molecule has 0 heterocycles. The Bertz CT molecular complexity index is 370. The Morgan fingerprint density at radius 3 is 2.33 bits per heavy atom. The number of rotatable bonds is 4. The minimum absolute atomic E-state index is 0.0516. The second kappa shape index (κ2) is 4.94. The maximum absolute atomic E-state index is 11.5. The zero-order chi connectivity index (χ0) is 11.4. The Morgan fingerprint density at radius 2 is 1.87 bits per heavy atom. The normalized spacial score (nSPS) is 12.1. The first-order chi connectivity index (χ1) is 7.00. The van der Waals surface area contributed by atoms with E-state index in [1.165, 1.54) is 6.92 Å². The standard InChI is InChI=1S/C11H11ClO3/c1-7(11(14)15)6-10(13)8-2-4-9(12)5-3-8/h2-5,7H,6H2,1H3,(H,14,15)/p-1/t7-/m0/s1. The number of hydrogen-bond acceptors (Lipinski definition) is 3. The van der Waals surface area contributed by atoms with Gasteiger partial charge in [0.2, 0.25) is 0 Å². The summed E-state index contributed by atoms with van der Waals surface area (Å²) >= 11 is 5.66. The fourth-order valence-electron chi connectivity index (χ4n) is 1.12. The number of carboxylic acids is 1. The average Bonchev–Trinajstić information content (AvgIpc) is 2.18. The van der Waals surface area contributed by atoms with Crippen molar-refractivity contribution in [2.75, 3.05) is 0 Å². The fourth-order valence-corrected chi connectivity index (χ4v) is 1.24. The van der Waals surface area contributed by atoms with Crippen molar-refractivity contribution in [3.8, 4) is 0 Å².